The Morgan fingerprint density at radius 3 is 2.39 bits per heavy atom. The van der Waals surface area contributed by atoms with Crippen LogP contribution in [0.3, 0.4) is 0 Å². The predicted octanol–water partition coefficient (Wildman–Crippen LogP) is 1.88. The molecule has 0 saturated heterocycles. The number of rotatable bonds is 6. The molecule has 1 aliphatic rings. The second kappa shape index (κ2) is 8.20. The molecule has 10 heteroatoms. The van der Waals surface area contributed by atoms with Gasteiger partial charge in [0.1, 0.15) is 6.04 Å². The summed E-state index contributed by atoms with van der Waals surface area (Å²) in [6, 6.07) is 13.0. The van der Waals surface area contributed by atoms with E-state index in [4.69, 9.17) is 9.47 Å². The zero-order valence-electron chi connectivity index (χ0n) is 17.6. The van der Waals surface area contributed by atoms with E-state index in [9.17, 15) is 13.2 Å². The second-order valence-corrected chi connectivity index (χ2v) is 8.94. The average molecular weight is 445 g/mol. The van der Waals surface area contributed by atoms with Gasteiger partial charge in [0.05, 0.1) is 19.1 Å². The summed E-state index contributed by atoms with van der Waals surface area (Å²) in [5.74, 6) is 1.17. The minimum Gasteiger partial charge on any atom is -0.493 e. The summed E-state index contributed by atoms with van der Waals surface area (Å²) in [6.07, 6.45) is 0. The summed E-state index contributed by atoms with van der Waals surface area (Å²) in [4.78, 5) is 12.7. The zero-order valence-corrected chi connectivity index (χ0v) is 18.4. The van der Waals surface area contributed by atoms with Crippen LogP contribution < -0.4 is 15.2 Å². The molecule has 0 radical (unpaired) electrons. The number of aromatic nitrogens is 3. The maximum Gasteiger partial charge on any atom is 0.346 e. The molecule has 31 heavy (non-hydrogen) atoms. The van der Waals surface area contributed by atoms with Gasteiger partial charge in [-0.05, 0) is 24.6 Å². The number of fused-ring (bicyclic) bond motifs is 1. The molecule has 1 aromatic heterocycles. The van der Waals surface area contributed by atoms with Gasteiger partial charge in [0.15, 0.2) is 17.3 Å². The molecule has 4 rings (SSSR count). The van der Waals surface area contributed by atoms with Gasteiger partial charge in [-0.25, -0.2) is 17.9 Å². The lowest BCUT2D eigenvalue weighted by Gasteiger charge is -2.34. The van der Waals surface area contributed by atoms with Crippen molar-refractivity contribution in [1.29, 1.82) is 0 Å². The molecule has 1 atom stereocenters. The minimum absolute atomic E-state index is 0.0804. The largest absolute Gasteiger partial charge is 0.493 e. The highest BCUT2D eigenvalue weighted by Gasteiger charge is 2.40. The zero-order chi connectivity index (χ0) is 22.2. The van der Waals surface area contributed by atoms with Gasteiger partial charge in [0, 0.05) is 25.7 Å². The number of sulfonamides is 1. The summed E-state index contributed by atoms with van der Waals surface area (Å²) < 4.78 is 42.3. The lowest BCUT2D eigenvalue weighted by molar-refractivity contribution is 0.289. The molecule has 0 fully saturated rings. The summed E-state index contributed by atoms with van der Waals surface area (Å²) in [5, 5.41) is 4.46. The molecule has 0 saturated carbocycles. The summed E-state index contributed by atoms with van der Waals surface area (Å²) >= 11 is 0. The number of hydrogen-bond acceptors (Lipinski definition) is 6. The van der Waals surface area contributed by atoms with E-state index in [0.717, 1.165) is 5.56 Å². The number of ether oxygens (including phenoxy) is 2. The highest BCUT2D eigenvalue weighted by atomic mass is 32.2. The van der Waals surface area contributed by atoms with Crippen LogP contribution >= 0.6 is 0 Å². The van der Waals surface area contributed by atoms with Crippen molar-refractivity contribution < 1.29 is 17.9 Å². The quantitative estimate of drug-likeness (QED) is 0.576. The molecule has 0 spiro atoms. The smallest absolute Gasteiger partial charge is 0.346 e. The first-order valence-electron chi connectivity index (χ1n) is 9.88. The average Bonchev–Trinajstić information content (AvgIpc) is 3.14. The van der Waals surface area contributed by atoms with Gasteiger partial charge >= 0.3 is 5.69 Å². The van der Waals surface area contributed by atoms with Crippen molar-refractivity contribution in [2.45, 2.75) is 31.0 Å². The Kier molecular flexibility index (Phi) is 5.59. The van der Waals surface area contributed by atoms with Crippen molar-refractivity contribution in [2.75, 3.05) is 20.8 Å². The third-order valence-electron chi connectivity index (χ3n) is 5.40. The molecule has 2 heterocycles. The maximum atomic E-state index is 13.7. The number of aryl methyl sites for hydroxylation is 1. The van der Waals surface area contributed by atoms with E-state index in [-0.39, 0.29) is 23.7 Å². The van der Waals surface area contributed by atoms with Crippen molar-refractivity contribution in [1.82, 2.24) is 18.7 Å². The van der Waals surface area contributed by atoms with Crippen molar-refractivity contribution in [2.24, 2.45) is 0 Å². The molecule has 9 nitrogen and oxygen atoms in total. The Bertz CT molecular complexity index is 1250. The summed E-state index contributed by atoms with van der Waals surface area (Å²) in [7, 11) is -0.989. The van der Waals surface area contributed by atoms with Crippen LogP contribution in [0.1, 0.15) is 24.4 Å². The number of nitrogens with zero attached hydrogens (tertiary/aromatic N) is 4. The minimum atomic E-state index is -3.94. The van der Waals surface area contributed by atoms with Crippen LogP contribution in [-0.4, -0.2) is 47.8 Å². The van der Waals surface area contributed by atoms with Gasteiger partial charge < -0.3 is 9.47 Å². The molecule has 2 aromatic carbocycles. The number of benzene rings is 2. The van der Waals surface area contributed by atoms with Crippen LogP contribution in [0.5, 0.6) is 11.5 Å². The third kappa shape index (κ3) is 3.51. The molecule has 164 valence electrons. The first kappa shape index (κ1) is 21.1. The SMILES string of the molecule is CCn1nc2n(c1=O)CCN(S(=O)(=O)c1ccc(OC)c(OC)c1)C2c1ccccc1. The highest BCUT2D eigenvalue weighted by Crippen LogP contribution is 2.37. The Labute approximate surface area is 180 Å². The Hall–Kier alpha value is -3.11. The standard InChI is InChI=1S/C21H24N4O5S/c1-4-24-21(26)23-12-13-25(19(20(23)22-24)15-8-6-5-7-9-15)31(27,28)16-10-11-17(29-2)18(14-16)30-3/h5-11,14,19H,4,12-13H2,1-3H3. The molecular formula is C21H24N4O5S. The molecule has 0 bridgehead atoms. The van der Waals surface area contributed by atoms with Gasteiger partial charge in [-0.2, -0.15) is 9.40 Å². The van der Waals surface area contributed by atoms with Crippen LogP contribution in [0.15, 0.2) is 58.2 Å². The Morgan fingerprint density at radius 1 is 1.03 bits per heavy atom. The van der Waals surface area contributed by atoms with Crippen LogP contribution in [0.2, 0.25) is 0 Å². The van der Waals surface area contributed by atoms with Crippen molar-refractivity contribution in [3.63, 3.8) is 0 Å². The van der Waals surface area contributed by atoms with Crippen molar-refractivity contribution >= 4 is 10.0 Å². The number of hydrogen-bond donors (Lipinski definition) is 0. The van der Waals surface area contributed by atoms with E-state index in [0.29, 0.717) is 23.9 Å². The van der Waals surface area contributed by atoms with Gasteiger partial charge in [-0.3, -0.25) is 4.57 Å². The van der Waals surface area contributed by atoms with E-state index in [1.54, 1.807) is 10.6 Å². The molecule has 0 amide bonds. The van der Waals surface area contributed by atoms with E-state index in [2.05, 4.69) is 5.10 Å². The Morgan fingerprint density at radius 2 is 1.74 bits per heavy atom. The topological polar surface area (TPSA) is 95.7 Å². The fraction of sp³-hybridized carbons (Fsp3) is 0.333. The molecular weight excluding hydrogens is 420 g/mol. The van der Waals surface area contributed by atoms with E-state index < -0.39 is 16.1 Å². The maximum absolute atomic E-state index is 13.7. The lowest BCUT2D eigenvalue weighted by atomic mass is 10.1. The predicted molar refractivity (Wildman–Crippen MR) is 114 cm³/mol. The monoisotopic (exact) mass is 444 g/mol. The summed E-state index contributed by atoms with van der Waals surface area (Å²) in [6.45, 7) is 2.60. The normalized spacial score (nSPS) is 16.7. The molecule has 0 N–H and O–H groups in total. The number of methoxy groups -OCH3 is 2. The van der Waals surface area contributed by atoms with Crippen molar-refractivity contribution in [3.05, 3.63) is 70.4 Å². The lowest BCUT2D eigenvalue weighted by Crippen LogP contribution is -2.44. The fourth-order valence-electron chi connectivity index (χ4n) is 3.85. The van der Waals surface area contributed by atoms with Crippen LogP contribution in [0, 0.1) is 0 Å². The Balaban J connectivity index is 1.87. The first-order valence-corrected chi connectivity index (χ1v) is 11.3. The van der Waals surface area contributed by atoms with E-state index in [1.165, 1.54) is 35.3 Å². The third-order valence-corrected chi connectivity index (χ3v) is 7.26. The van der Waals surface area contributed by atoms with Crippen LogP contribution in [-0.2, 0) is 23.1 Å². The van der Waals surface area contributed by atoms with Gasteiger partial charge in [-0.1, -0.05) is 30.3 Å². The van der Waals surface area contributed by atoms with Gasteiger partial charge in [-0.15, -0.1) is 0 Å². The van der Waals surface area contributed by atoms with Crippen LogP contribution in [0.25, 0.3) is 0 Å². The fourth-order valence-corrected chi connectivity index (χ4v) is 5.44. The highest BCUT2D eigenvalue weighted by molar-refractivity contribution is 7.89. The van der Waals surface area contributed by atoms with Gasteiger partial charge in [0.2, 0.25) is 10.0 Å². The molecule has 1 aliphatic heterocycles. The first-order chi connectivity index (χ1) is 14.9. The molecule has 0 aliphatic carbocycles. The summed E-state index contributed by atoms with van der Waals surface area (Å²) in [5.41, 5.74) is 0.502. The second-order valence-electron chi connectivity index (χ2n) is 7.05. The van der Waals surface area contributed by atoms with Crippen molar-refractivity contribution in [3.8, 4) is 11.5 Å². The van der Waals surface area contributed by atoms with Gasteiger partial charge in [0.25, 0.3) is 0 Å². The molecule has 1 unspecified atom stereocenters. The van der Waals surface area contributed by atoms with Crippen LogP contribution in [0.4, 0.5) is 0 Å². The van der Waals surface area contributed by atoms with E-state index >= 15 is 0 Å². The molecule has 3 aromatic rings. The van der Waals surface area contributed by atoms with E-state index in [1.807, 2.05) is 37.3 Å².